The molecule has 5 rings (SSSR count). The lowest BCUT2D eigenvalue weighted by Gasteiger charge is -2.35. The molecule has 0 saturated carbocycles. The molecule has 1 aromatic heterocycles. The van der Waals surface area contributed by atoms with Crippen molar-refractivity contribution >= 4 is 50.9 Å². The van der Waals surface area contributed by atoms with Crippen molar-refractivity contribution in [2.24, 2.45) is 0 Å². The molecule has 2 aliphatic heterocycles. The van der Waals surface area contributed by atoms with Gasteiger partial charge in [-0.15, -0.1) is 0 Å². The molecule has 2 amide bonds. The molecule has 34 heavy (non-hydrogen) atoms. The van der Waals surface area contributed by atoms with E-state index in [-0.39, 0.29) is 27.6 Å². The number of aromatic nitrogens is 2. The number of carbonyl (C=O) groups is 2. The Balaban J connectivity index is 1.64. The van der Waals surface area contributed by atoms with E-state index < -0.39 is 41.0 Å². The highest BCUT2D eigenvalue weighted by atomic mass is 16.7. The van der Waals surface area contributed by atoms with Gasteiger partial charge < -0.3 is 9.31 Å². The second kappa shape index (κ2) is 7.17. The fourth-order valence-corrected chi connectivity index (χ4v) is 4.25. The highest BCUT2D eigenvalue weighted by Crippen LogP contribution is 2.37. The third kappa shape index (κ3) is 3.10. The number of hydrogen-bond acceptors (Lipinski definition) is 6. The Kier molecular flexibility index (Phi) is 4.77. The van der Waals surface area contributed by atoms with E-state index in [0.717, 1.165) is 4.90 Å². The van der Waals surface area contributed by atoms with Crippen molar-refractivity contribution in [2.45, 2.75) is 44.2 Å². The van der Waals surface area contributed by atoms with Crippen molar-refractivity contribution in [3.8, 4) is 0 Å². The molecule has 2 aromatic carbocycles. The second-order valence-electron chi connectivity index (χ2n) is 9.61. The topological polar surface area (TPSA) is 102 Å². The minimum atomic E-state index is -2.15. The van der Waals surface area contributed by atoms with E-state index >= 15 is 0 Å². The van der Waals surface area contributed by atoms with Crippen molar-refractivity contribution in [3.05, 3.63) is 69.6 Å². The normalized spacial score (nSPS) is 19.2. The second-order valence-corrected chi connectivity index (χ2v) is 9.61. The molecule has 4 radical (unpaired) electrons. The summed E-state index contributed by atoms with van der Waals surface area (Å²) in [5.74, 6) is -1.29. The summed E-state index contributed by atoms with van der Waals surface area (Å²) in [6.45, 7) is 7.72. The van der Waals surface area contributed by atoms with Gasteiger partial charge in [-0.2, -0.15) is 5.10 Å². The molecule has 1 saturated heterocycles. The molecule has 0 bridgehead atoms. The minimum absolute atomic E-state index is 0.0463. The Morgan fingerprint density at radius 1 is 0.912 bits per heavy atom. The first kappa shape index (κ1) is 22.6. The maximum atomic E-state index is 13.1. The van der Waals surface area contributed by atoms with Crippen molar-refractivity contribution in [3.63, 3.8) is 0 Å². The lowest BCUT2D eigenvalue weighted by Crippen LogP contribution is -2.51. The van der Waals surface area contributed by atoms with E-state index in [9.17, 15) is 14.4 Å². The van der Waals surface area contributed by atoms with Crippen LogP contribution in [-0.2, 0) is 14.6 Å². The lowest BCUT2D eigenvalue weighted by atomic mass is 9.57. The number of H-pyrrole nitrogens is 1. The number of rotatable bonds is 3. The summed E-state index contributed by atoms with van der Waals surface area (Å²) in [5.41, 5.74) is -0.676. The zero-order chi connectivity index (χ0) is 24.6. The number of nitrogens with zero attached hydrogens (tertiary/aromatic N) is 2. The molecule has 11 heteroatoms. The monoisotopic (exact) mass is 451 g/mol. The molecular formula is C23H20B3N3O5. The van der Waals surface area contributed by atoms with Crippen LogP contribution in [0.5, 0.6) is 0 Å². The standard InChI is InChI=1S/C23H20B3N3O5/c1-21(2)22(3,4)34-26(33-21)12-9-10-13-16(11-12)17(27-28-18(13)30)23(24,25)29-19(31)14-7-5-6-8-15(14)20(29)32/h5-11H,1-4H3,(H,28,30). The van der Waals surface area contributed by atoms with Crippen molar-refractivity contribution in [1.29, 1.82) is 0 Å². The van der Waals surface area contributed by atoms with Gasteiger partial charge >= 0.3 is 7.12 Å². The van der Waals surface area contributed by atoms with Crippen molar-refractivity contribution in [2.75, 3.05) is 0 Å². The third-order valence-electron chi connectivity index (χ3n) is 6.88. The van der Waals surface area contributed by atoms with Crippen LogP contribution < -0.4 is 11.0 Å². The highest BCUT2D eigenvalue weighted by molar-refractivity contribution is 6.62. The van der Waals surface area contributed by atoms with Gasteiger partial charge in [-0.3, -0.25) is 19.3 Å². The van der Waals surface area contributed by atoms with Gasteiger partial charge in [0.25, 0.3) is 17.4 Å². The quantitative estimate of drug-likeness (QED) is 0.471. The fraction of sp³-hybridized carbons (Fsp3) is 0.304. The van der Waals surface area contributed by atoms with Gasteiger partial charge in [0, 0.05) is 10.7 Å². The first-order valence-corrected chi connectivity index (χ1v) is 10.8. The Morgan fingerprint density at radius 3 is 2.03 bits per heavy atom. The van der Waals surface area contributed by atoms with Crippen LogP contribution in [0.2, 0.25) is 0 Å². The molecule has 0 atom stereocenters. The first-order valence-electron chi connectivity index (χ1n) is 10.8. The molecule has 2 aliphatic rings. The Bertz CT molecular complexity index is 1380. The van der Waals surface area contributed by atoms with Gasteiger partial charge in [0.15, 0.2) is 0 Å². The van der Waals surface area contributed by atoms with E-state index in [0.29, 0.717) is 5.46 Å². The molecular weight excluding hydrogens is 431 g/mol. The van der Waals surface area contributed by atoms with Crippen LogP contribution in [0.4, 0.5) is 0 Å². The Labute approximate surface area is 199 Å². The maximum absolute atomic E-state index is 13.1. The Hall–Kier alpha value is -3.17. The zero-order valence-corrected chi connectivity index (χ0v) is 19.2. The molecule has 3 aromatic rings. The number of imide groups is 1. The SMILES string of the molecule is [B]C([B])(c1n[nH]c(=O)c2ccc(B3OC(C)(C)C(C)(C)O3)cc12)N1C(=O)c2ccccc2C1=O. The van der Waals surface area contributed by atoms with Gasteiger partial charge in [0.05, 0.1) is 49.1 Å². The highest BCUT2D eigenvalue weighted by Gasteiger charge is 2.52. The van der Waals surface area contributed by atoms with Crippen LogP contribution >= 0.6 is 0 Å². The van der Waals surface area contributed by atoms with Crippen LogP contribution in [0.1, 0.15) is 54.1 Å². The average Bonchev–Trinajstić information content (AvgIpc) is 3.16. The number of amides is 2. The lowest BCUT2D eigenvalue weighted by molar-refractivity contribution is 0.00578. The molecule has 1 N–H and O–H groups in total. The largest absolute Gasteiger partial charge is 0.494 e. The van der Waals surface area contributed by atoms with E-state index in [1.807, 2.05) is 27.7 Å². The molecule has 0 spiro atoms. The number of fused-ring (bicyclic) bond motifs is 2. The number of aromatic amines is 1. The van der Waals surface area contributed by atoms with E-state index in [2.05, 4.69) is 10.2 Å². The average molecular weight is 451 g/mol. The van der Waals surface area contributed by atoms with Gasteiger partial charge in [-0.25, -0.2) is 5.10 Å². The zero-order valence-electron chi connectivity index (χ0n) is 19.2. The maximum Gasteiger partial charge on any atom is 0.494 e. The van der Waals surface area contributed by atoms with Gasteiger partial charge in [-0.1, -0.05) is 24.3 Å². The summed E-state index contributed by atoms with van der Waals surface area (Å²) >= 11 is 0. The summed E-state index contributed by atoms with van der Waals surface area (Å²) in [6.07, 6.45) is 0. The predicted molar refractivity (Wildman–Crippen MR) is 128 cm³/mol. The van der Waals surface area contributed by atoms with Gasteiger partial charge in [0.1, 0.15) is 0 Å². The molecule has 166 valence electrons. The summed E-state index contributed by atoms with van der Waals surface area (Å²) in [7, 11) is 12.1. The number of nitrogens with one attached hydrogen (secondary N) is 1. The Morgan fingerprint density at radius 2 is 1.47 bits per heavy atom. The van der Waals surface area contributed by atoms with Gasteiger partial charge in [-0.05, 0) is 51.4 Å². The van der Waals surface area contributed by atoms with Crippen molar-refractivity contribution < 1.29 is 18.9 Å². The van der Waals surface area contributed by atoms with E-state index in [4.69, 9.17) is 25.0 Å². The third-order valence-corrected chi connectivity index (χ3v) is 6.88. The summed E-state index contributed by atoms with van der Waals surface area (Å²) in [4.78, 5) is 39.4. The molecule has 8 nitrogen and oxygen atoms in total. The number of benzene rings is 2. The summed E-state index contributed by atoms with van der Waals surface area (Å²) in [5, 5.41) is 4.79. The number of hydrogen-bond donors (Lipinski definition) is 1. The smallest absolute Gasteiger partial charge is 0.399 e. The van der Waals surface area contributed by atoms with E-state index in [1.54, 1.807) is 30.3 Å². The van der Waals surface area contributed by atoms with Crippen LogP contribution in [-0.4, -0.2) is 60.9 Å². The van der Waals surface area contributed by atoms with Crippen LogP contribution in [0.3, 0.4) is 0 Å². The predicted octanol–water partition coefficient (Wildman–Crippen LogP) is 0.966. The van der Waals surface area contributed by atoms with Crippen LogP contribution in [0.25, 0.3) is 10.8 Å². The summed E-state index contributed by atoms with van der Waals surface area (Å²) < 4.78 is 12.2. The fourth-order valence-electron chi connectivity index (χ4n) is 4.25. The summed E-state index contributed by atoms with van der Waals surface area (Å²) in [6, 6.07) is 11.3. The van der Waals surface area contributed by atoms with Crippen LogP contribution in [0.15, 0.2) is 47.3 Å². The first-order chi connectivity index (χ1) is 15.8. The van der Waals surface area contributed by atoms with E-state index in [1.165, 1.54) is 12.1 Å². The van der Waals surface area contributed by atoms with Crippen molar-refractivity contribution in [1.82, 2.24) is 15.1 Å². The minimum Gasteiger partial charge on any atom is -0.399 e. The molecule has 0 unspecified atom stereocenters. The number of carbonyl (C=O) groups excluding carboxylic acids is 2. The van der Waals surface area contributed by atoms with Crippen LogP contribution in [0, 0.1) is 0 Å². The molecule has 0 aliphatic carbocycles. The van der Waals surface area contributed by atoms with Gasteiger partial charge in [0.2, 0.25) is 0 Å². The molecule has 1 fully saturated rings. The molecule has 3 heterocycles.